The van der Waals surface area contributed by atoms with Crippen molar-refractivity contribution in [1.29, 1.82) is 0 Å². The maximum absolute atomic E-state index is 12.2. The molecule has 0 N–H and O–H groups in total. The first kappa shape index (κ1) is 15.6. The molecule has 1 aromatic rings. The van der Waals surface area contributed by atoms with Crippen molar-refractivity contribution in [3.63, 3.8) is 0 Å². The average molecular weight is 421 g/mol. The Morgan fingerprint density at radius 2 is 1.70 bits per heavy atom. The van der Waals surface area contributed by atoms with Gasteiger partial charge >= 0.3 is 0 Å². The minimum Gasteiger partial charge on any atom is -0.294 e. The summed E-state index contributed by atoms with van der Waals surface area (Å²) in [6.07, 6.45) is 1.40. The molecule has 0 amide bonds. The summed E-state index contributed by atoms with van der Waals surface area (Å²) in [6, 6.07) is 7.99. The Kier molecular flexibility index (Phi) is 4.61. The van der Waals surface area contributed by atoms with Gasteiger partial charge in [0.05, 0.1) is 20.3 Å². The average Bonchev–Trinajstić information content (AvgIpc) is 2.42. The largest absolute Gasteiger partial charge is 0.294 e. The lowest BCUT2D eigenvalue weighted by Gasteiger charge is -2.22. The molecule has 0 saturated carbocycles. The smallest absolute Gasteiger partial charge is 0.282 e. The quantitative estimate of drug-likeness (QED) is 0.691. The molecule has 0 bridgehead atoms. The number of alkyl halides is 2. The number of halogens is 2. The van der Waals surface area contributed by atoms with Gasteiger partial charge in [0.25, 0.3) is 10.0 Å². The maximum Gasteiger partial charge on any atom is 0.282 e. The van der Waals surface area contributed by atoms with Crippen LogP contribution in [0.5, 0.6) is 0 Å². The molecule has 4 nitrogen and oxygen atoms in total. The summed E-state index contributed by atoms with van der Waals surface area (Å²) in [5, 5.41) is 0. The Balaban J connectivity index is 2.50. The van der Waals surface area contributed by atoms with Gasteiger partial charge < -0.3 is 0 Å². The van der Waals surface area contributed by atoms with E-state index in [0.717, 1.165) is 0 Å². The summed E-state index contributed by atoms with van der Waals surface area (Å²) in [7, 11) is -3.78. The van der Waals surface area contributed by atoms with Crippen molar-refractivity contribution in [3.05, 3.63) is 42.0 Å². The van der Waals surface area contributed by atoms with E-state index in [1.165, 1.54) is 18.2 Å². The van der Waals surface area contributed by atoms with Crippen molar-refractivity contribution in [3.8, 4) is 0 Å². The molecule has 0 heterocycles. The van der Waals surface area contributed by atoms with E-state index >= 15 is 0 Å². The van der Waals surface area contributed by atoms with Crippen LogP contribution in [0.2, 0.25) is 0 Å². The maximum atomic E-state index is 12.2. The molecule has 0 aromatic heterocycles. The van der Waals surface area contributed by atoms with Crippen LogP contribution in [0, 0.1) is 0 Å². The number of hydrogen-bond acceptors (Lipinski definition) is 3. The lowest BCUT2D eigenvalue weighted by atomic mass is 9.98. The minimum absolute atomic E-state index is 0.111. The van der Waals surface area contributed by atoms with Crippen molar-refractivity contribution < 1.29 is 13.2 Å². The summed E-state index contributed by atoms with van der Waals surface area (Å²) >= 11 is 6.56. The van der Waals surface area contributed by atoms with Crippen molar-refractivity contribution in [2.24, 2.45) is 4.40 Å². The predicted molar refractivity (Wildman–Crippen MR) is 85.3 cm³/mol. The standard InChI is InChI=1S/C13H11Br2NO3S/c1-8-7-10(17)11(14)12(15)13(8)16-20(18,19)9-5-3-2-4-6-9/h2-7,11-12H,1H3/b16-13+. The fourth-order valence-corrected chi connectivity index (χ4v) is 4.13. The van der Waals surface area contributed by atoms with E-state index in [1.807, 2.05) is 0 Å². The molecule has 1 aromatic carbocycles. The monoisotopic (exact) mass is 419 g/mol. The number of ketones is 1. The number of rotatable bonds is 2. The molecule has 2 unspecified atom stereocenters. The third kappa shape index (κ3) is 3.10. The number of sulfonamides is 1. The van der Waals surface area contributed by atoms with Gasteiger partial charge in [-0.25, -0.2) is 0 Å². The van der Waals surface area contributed by atoms with E-state index in [2.05, 4.69) is 36.3 Å². The Morgan fingerprint density at radius 3 is 2.30 bits per heavy atom. The van der Waals surface area contributed by atoms with Crippen molar-refractivity contribution in [2.75, 3.05) is 0 Å². The summed E-state index contributed by atoms with van der Waals surface area (Å²) in [4.78, 5) is 10.8. The van der Waals surface area contributed by atoms with Gasteiger partial charge in [-0.2, -0.15) is 12.8 Å². The van der Waals surface area contributed by atoms with Gasteiger partial charge in [0, 0.05) is 0 Å². The number of carbonyl (C=O) groups excluding carboxylic acids is 1. The van der Waals surface area contributed by atoms with E-state index in [0.29, 0.717) is 11.3 Å². The SMILES string of the molecule is CC1=CC(=O)C(Br)C(Br)/C1=N/S(=O)(=O)c1ccccc1. The van der Waals surface area contributed by atoms with Gasteiger partial charge in [0.15, 0.2) is 5.78 Å². The van der Waals surface area contributed by atoms with Crippen LogP contribution in [-0.4, -0.2) is 29.6 Å². The first-order valence-electron chi connectivity index (χ1n) is 5.73. The second kappa shape index (κ2) is 5.91. The lowest BCUT2D eigenvalue weighted by molar-refractivity contribution is -0.113. The Labute approximate surface area is 134 Å². The zero-order chi connectivity index (χ0) is 14.9. The van der Waals surface area contributed by atoms with E-state index in [4.69, 9.17) is 0 Å². The summed E-state index contributed by atoms with van der Waals surface area (Å²) in [5.74, 6) is -0.111. The van der Waals surface area contributed by atoms with Gasteiger partial charge in [-0.05, 0) is 30.7 Å². The topological polar surface area (TPSA) is 63.6 Å². The van der Waals surface area contributed by atoms with Gasteiger partial charge in [-0.15, -0.1) is 0 Å². The molecular weight excluding hydrogens is 410 g/mol. The lowest BCUT2D eigenvalue weighted by Crippen LogP contribution is -2.35. The fourth-order valence-electron chi connectivity index (χ4n) is 1.76. The number of hydrogen-bond donors (Lipinski definition) is 0. The third-order valence-electron chi connectivity index (χ3n) is 2.81. The molecule has 1 aliphatic rings. The molecule has 2 atom stereocenters. The van der Waals surface area contributed by atoms with E-state index in [-0.39, 0.29) is 10.7 Å². The minimum atomic E-state index is -3.78. The Hall–Kier alpha value is -0.790. The number of nitrogens with zero attached hydrogens (tertiary/aromatic N) is 1. The van der Waals surface area contributed by atoms with Gasteiger partial charge in [-0.1, -0.05) is 50.1 Å². The first-order chi connectivity index (χ1) is 9.33. The molecule has 0 fully saturated rings. The van der Waals surface area contributed by atoms with Crippen LogP contribution in [0.1, 0.15) is 6.92 Å². The summed E-state index contributed by atoms with van der Waals surface area (Å²) < 4.78 is 28.4. The van der Waals surface area contributed by atoms with E-state index < -0.39 is 19.7 Å². The van der Waals surface area contributed by atoms with Crippen LogP contribution < -0.4 is 0 Å². The molecule has 0 saturated heterocycles. The van der Waals surface area contributed by atoms with Crippen LogP contribution >= 0.6 is 31.9 Å². The zero-order valence-corrected chi connectivity index (χ0v) is 14.4. The number of allylic oxidation sites excluding steroid dienone is 2. The highest BCUT2D eigenvalue weighted by Gasteiger charge is 2.33. The highest BCUT2D eigenvalue weighted by Crippen LogP contribution is 2.27. The predicted octanol–water partition coefficient (Wildman–Crippen LogP) is 2.87. The molecule has 7 heteroatoms. The molecule has 1 aliphatic carbocycles. The molecule has 106 valence electrons. The van der Waals surface area contributed by atoms with Crippen LogP contribution in [0.25, 0.3) is 0 Å². The van der Waals surface area contributed by atoms with Crippen molar-refractivity contribution in [1.82, 2.24) is 0 Å². The molecule has 2 rings (SSSR count). The highest BCUT2D eigenvalue weighted by atomic mass is 79.9. The van der Waals surface area contributed by atoms with E-state index in [9.17, 15) is 13.2 Å². The van der Waals surface area contributed by atoms with Crippen LogP contribution in [0.4, 0.5) is 0 Å². The molecule has 0 spiro atoms. The normalized spacial score (nSPS) is 25.6. The van der Waals surface area contributed by atoms with Gasteiger partial charge in [0.2, 0.25) is 0 Å². The Morgan fingerprint density at radius 1 is 1.10 bits per heavy atom. The van der Waals surface area contributed by atoms with Crippen LogP contribution in [0.15, 0.2) is 51.3 Å². The second-order valence-electron chi connectivity index (χ2n) is 4.30. The Bertz CT molecular complexity index is 696. The third-order valence-corrected chi connectivity index (χ3v) is 6.77. The molecule has 0 aliphatic heterocycles. The second-order valence-corrected chi connectivity index (χ2v) is 7.88. The number of benzene rings is 1. The number of carbonyl (C=O) groups is 1. The fraction of sp³-hybridized carbons (Fsp3) is 0.231. The van der Waals surface area contributed by atoms with Crippen LogP contribution in [-0.2, 0) is 14.8 Å². The van der Waals surface area contributed by atoms with Crippen molar-refractivity contribution in [2.45, 2.75) is 21.5 Å². The molecule has 0 radical (unpaired) electrons. The first-order valence-corrected chi connectivity index (χ1v) is 9.00. The highest BCUT2D eigenvalue weighted by molar-refractivity contribution is 9.12. The van der Waals surface area contributed by atoms with Crippen molar-refractivity contribution >= 4 is 53.4 Å². The van der Waals surface area contributed by atoms with E-state index in [1.54, 1.807) is 25.1 Å². The summed E-state index contributed by atoms with van der Waals surface area (Å²) in [6.45, 7) is 1.67. The molecular formula is C13H11Br2NO3S. The molecule has 20 heavy (non-hydrogen) atoms. The van der Waals surface area contributed by atoms with Gasteiger partial charge in [0.1, 0.15) is 0 Å². The van der Waals surface area contributed by atoms with Crippen LogP contribution in [0.3, 0.4) is 0 Å². The van der Waals surface area contributed by atoms with Gasteiger partial charge in [-0.3, -0.25) is 4.79 Å². The zero-order valence-electron chi connectivity index (χ0n) is 10.5. The summed E-state index contributed by atoms with van der Waals surface area (Å²) in [5.41, 5.74) is 0.891.